The molecule has 1 fully saturated rings. The molecule has 1 aliphatic rings. The van der Waals surface area contributed by atoms with E-state index in [9.17, 15) is 9.59 Å². The summed E-state index contributed by atoms with van der Waals surface area (Å²) in [6.07, 6.45) is 5.11. The molecule has 1 aliphatic carbocycles. The summed E-state index contributed by atoms with van der Waals surface area (Å²) >= 11 is 0. The monoisotopic (exact) mass is 242 g/mol. The summed E-state index contributed by atoms with van der Waals surface area (Å²) in [4.78, 5) is 24.4. The van der Waals surface area contributed by atoms with Crippen molar-refractivity contribution < 1.29 is 14.7 Å². The van der Waals surface area contributed by atoms with E-state index in [2.05, 4.69) is 0 Å². The van der Waals surface area contributed by atoms with Gasteiger partial charge in [-0.25, -0.2) is 0 Å². The Morgan fingerprint density at radius 1 is 1.29 bits per heavy atom. The lowest BCUT2D eigenvalue weighted by Gasteiger charge is -2.36. The number of nitrogens with two attached hydrogens (primary N) is 1. The number of hydrogen-bond donors (Lipinski definition) is 2. The van der Waals surface area contributed by atoms with Crippen molar-refractivity contribution >= 4 is 11.9 Å². The van der Waals surface area contributed by atoms with Gasteiger partial charge < -0.3 is 15.7 Å². The Hall–Kier alpha value is -1.10. The molecule has 0 atom stereocenters. The van der Waals surface area contributed by atoms with E-state index in [0.29, 0.717) is 19.4 Å². The highest BCUT2D eigenvalue weighted by Crippen LogP contribution is 2.27. The number of carboxylic acids is 1. The van der Waals surface area contributed by atoms with Crippen molar-refractivity contribution in [3.05, 3.63) is 0 Å². The van der Waals surface area contributed by atoms with Gasteiger partial charge in [0.2, 0.25) is 5.91 Å². The van der Waals surface area contributed by atoms with Gasteiger partial charge in [-0.15, -0.1) is 0 Å². The molecule has 5 nitrogen and oxygen atoms in total. The van der Waals surface area contributed by atoms with E-state index < -0.39 is 11.5 Å². The van der Waals surface area contributed by atoms with Gasteiger partial charge in [-0.2, -0.15) is 0 Å². The fourth-order valence-corrected chi connectivity index (χ4v) is 2.40. The van der Waals surface area contributed by atoms with Crippen LogP contribution in [-0.2, 0) is 9.59 Å². The van der Waals surface area contributed by atoms with Gasteiger partial charge in [-0.1, -0.05) is 26.2 Å². The molecule has 0 aromatic carbocycles. The molecule has 0 aromatic heterocycles. The van der Waals surface area contributed by atoms with Crippen LogP contribution in [0.3, 0.4) is 0 Å². The summed E-state index contributed by atoms with van der Waals surface area (Å²) in [5, 5.41) is 8.81. The predicted octanol–water partition coefficient (Wildman–Crippen LogP) is 0.971. The third-order valence-electron chi connectivity index (χ3n) is 3.28. The predicted molar refractivity (Wildman–Crippen MR) is 64.5 cm³/mol. The van der Waals surface area contributed by atoms with Gasteiger partial charge in [-0.3, -0.25) is 9.59 Å². The highest BCUT2D eigenvalue weighted by molar-refractivity contribution is 5.88. The van der Waals surface area contributed by atoms with Crippen molar-refractivity contribution in [2.24, 2.45) is 5.73 Å². The first-order valence-corrected chi connectivity index (χ1v) is 6.29. The van der Waals surface area contributed by atoms with E-state index >= 15 is 0 Å². The lowest BCUT2D eigenvalue weighted by atomic mass is 9.81. The highest BCUT2D eigenvalue weighted by Gasteiger charge is 2.38. The van der Waals surface area contributed by atoms with E-state index in [1.807, 2.05) is 6.92 Å². The number of aliphatic carboxylic acids is 1. The summed E-state index contributed by atoms with van der Waals surface area (Å²) in [6.45, 7) is 2.14. The number of carboxylic acid groups (broad SMARTS) is 1. The average molecular weight is 242 g/mol. The van der Waals surface area contributed by atoms with E-state index in [0.717, 1.165) is 25.7 Å². The maximum absolute atomic E-state index is 12.3. The van der Waals surface area contributed by atoms with Crippen molar-refractivity contribution in [2.75, 3.05) is 13.1 Å². The Kier molecular flexibility index (Phi) is 4.93. The molecule has 1 saturated carbocycles. The van der Waals surface area contributed by atoms with Crippen LogP contribution in [0.1, 0.15) is 45.4 Å². The summed E-state index contributed by atoms with van der Waals surface area (Å²) in [6, 6.07) is 0. The van der Waals surface area contributed by atoms with Crippen molar-refractivity contribution in [3.8, 4) is 0 Å². The Morgan fingerprint density at radius 2 is 1.88 bits per heavy atom. The second kappa shape index (κ2) is 6.00. The van der Waals surface area contributed by atoms with Crippen molar-refractivity contribution in [1.29, 1.82) is 0 Å². The van der Waals surface area contributed by atoms with Crippen LogP contribution in [0.15, 0.2) is 0 Å². The molecule has 0 saturated heterocycles. The van der Waals surface area contributed by atoms with Gasteiger partial charge in [0.15, 0.2) is 0 Å². The van der Waals surface area contributed by atoms with Crippen LogP contribution < -0.4 is 5.73 Å². The Morgan fingerprint density at radius 3 is 2.35 bits per heavy atom. The molecule has 0 aromatic rings. The first-order chi connectivity index (χ1) is 7.99. The second-order valence-electron chi connectivity index (χ2n) is 4.84. The minimum atomic E-state index is -0.980. The molecule has 0 heterocycles. The van der Waals surface area contributed by atoms with Crippen LogP contribution in [0.4, 0.5) is 0 Å². The number of carbonyl (C=O) groups excluding carboxylic acids is 1. The molecule has 0 radical (unpaired) electrons. The quantitative estimate of drug-likeness (QED) is 0.752. The maximum atomic E-state index is 12.3. The second-order valence-corrected chi connectivity index (χ2v) is 4.84. The zero-order chi connectivity index (χ0) is 12.9. The molecule has 0 spiro atoms. The molecule has 0 aliphatic heterocycles. The van der Waals surface area contributed by atoms with Crippen molar-refractivity contribution in [1.82, 2.24) is 4.90 Å². The first kappa shape index (κ1) is 14.0. The molecule has 0 unspecified atom stereocenters. The number of carbonyl (C=O) groups is 2. The van der Waals surface area contributed by atoms with E-state index in [1.165, 1.54) is 4.90 Å². The minimum absolute atomic E-state index is 0.193. The summed E-state index contributed by atoms with van der Waals surface area (Å²) in [5.74, 6) is -1.17. The Bertz CT molecular complexity index is 285. The van der Waals surface area contributed by atoms with Gasteiger partial charge in [0.1, 0.15) is 6.54 Å². The number of nitrogens with zero attached hydrogens (tertiary/aromatic N) is 1. The van der Waals surface area contributed by atoms with E-state index in [4.69, 9.17) is 10.8 Å². The van der Waals surface area contributed by atoms with Crippen LogP contribution in [0, 0.1) is 0 Å². The van der Waals surface area contributed by atoms with E-state index in [1.54, 1.807) is 0 Å². The SMILES string of the molecule is CCCN(CC(=O)O)C(=O)C1(N)CCCCC1. The minimum Gasteiger partial charge on any atom is -0.480 e. The highest BCUT2D eigenvalue weighted by atomic mass is 16.4. The molecule has 1 amide bonds. The first-order valence-electron chi connectivity index (χ1n) is 6.29. The van der Waals surface area contributed by atoms with Crippen molar-refractivity contribution in [2.45, 2.75) is 51.0 Å². The van der Waals surface area contributed by atoms with Crippen LogP contribution in [0.5, 0.6) is 0 Å². The molecular weight excluding hydrogens is 220 g/mol. The number of hydrogen-bond acceptors (Lipinski definition) is 3. The summed E-state index contributed by atoms with van der Waals surface area (Å²) in [7, 11) is 0. The molecule has 5 heteroatoms. The fraction of sp³-hybridized carbons (Fsp3) is 0.833. The van der Waals surface area contributed by atoms with Gasteiger partial charge in [0.25, 0.3) is 0 Å². The van der Waals surface area contributed by atoms with Gasteiger partial charge in [-0.05, 0) is 19.3 Å². The number of rotatable bonds is 5. The zero-order valence-electron chi connectivity index (χ0n) is 10.4. The third-order valence-corrected chi connectivity index (χ3v) is 3.28. The van der Waals surface area contributed by atoms with Crippen LogP contribution in [-0.4, -0.2) is 40.5 Å². The van der Waals surface area contributed by atoms with Gasteiger partial charge in [0.05, 0.1) is 5.54 Å². The van der Waals surface area contributed by atoms with E-state index in [-0.39, 0.29) is 12.5 Å². The zero-order valence-corrected chi connectivity index (χ0v) is 10.4. The lowest BCUT2D eigenvalue weighted by molar-refractivity contribution is -0.147. The largest absolute Gasteiger partial charge is 0.480 e. The van der Waals surface area contributed by atoms with Crippen LogP contribution in [0.2, 0.25) is 0 Å². The molecular formula is C12H22N2O3. The topological polar surface area (TPSA) is 83.6 Å². The fourth-order valence-electron chi connectivity index (χ4n) is 2.40. The average Bonchev–Trinajstić information content (AvgIpc) is 2.28. The Balaban J connectivity index is 2.71. The van der Waals surface area contributed by atoms with Crippen LogP contribution >= 0.6 is 0 Å². The maximum Gasteiger partial charge on any atom is 0.323 e. The molecule has 17 heavy (non-hydrogen) atoms. The number of amides is 1. The normalized spacial score (nSPS) is 18.7. The molecule has 0 bridgehead atoms. The third kappa shape index (κ3) is 3.70. The van der Waals surface area contributed by atoms with Gasteiger partial charge >= 0.3 is 5.97 Å². The van der Waals surface area contributed by atoms with Crippen molar-refractivity contribution in [3.63, 3.8) is 0 Å². The summed E-state index contributed by atoms with van der Waals surface area (Å²) < 4.78 is 0. The van der Waals surface area contributed by atoms with Gasteiger partial charge in [0, 0.05) is 6.54 Å². The van der Waals surface area contributed by atoms with Crippen LogP contribution in [0.25, 0.3) is 0 Å². The molecule has 98 valence electrons. The summed E-state index contributed by atoms with van der Waals surface area (Å²) in [5.41, 5.74) is 5.29. The standard InChI is InChI=1S/C12H22N2O3/c1-2-8-14(9-10(15)16)11(17)12(13)6-4-3-5-7-12/h2-9,13H2,1H3,(H,15,16). The molecule has 1 rings (SSSR count). The Labute approximate surface area is 102 Å². The lowest BCUT2D eigenvalue weighted by Crippen LogP contribution is -2.57. The molecule has 3 N–H and O–H groups in total. The smallest absolute Gasteiger partial charge is 0.323 e.